The molecule has 3 heterocycles. The van der Waals surface area contributed by atoms with Crippen LogP contribution in [0.1, 0.15) is 26.6 Å². The van der Waals surface area contributed by atoms with Crippen LogP contribution in [0.2, 0.25) is 0 Å². The average molecular weight is 343 g/mol. The van der Waals surface area contributed by atoms with Crippen molar-refractivity contribution < 1.29 is 4.79 Å². The zero-order valence-corrected chi connectivity index (χ0v) is 14.7. The topological polar surface area (TPSA) is 47.8 Å². The zero-order valence-electron chi connectivity index (χ0n) is 13.0. The van der Waals surface area contributed by atoms with Gasteiger partial charge in [-0.25, -0.2) is 9.97 Å². The van der Waals surface area contributed by atoms with Gasteiger partial charge in [0.25, 0.3) is 0 Å². The zero-order chi connectivity index (χ0) is 16.2. The van der Waals surface area contributed by atoms with Gasteiger partial charge in [0.15, 0.2) is 10.9 Å². The van der Waals surface area contributed by atoms with Crippen molar-refractivity contribution in [1.29, 1.82) is 0 Å². The van der Waals surface area contributed by atoms with E-state index in [-0.39, 0.29) is 5.78 Å². The molecule has 0 aliphatic rings. The van der Waals surface area contributed by atoms with Crippen LogP contribution in [0, 0.1) is 13.8 Å². The number of rotatable bonds is 6. The Morgan fingerprint density at radius 3 is 2.74 bits per heavy atom. The molecule has 4 nitrogen and oxygen atoms in total. The first-order chi connectivity index (χ1) is 11.1. The Hall–Kier alpha value is -1.92. The van der Waals surface area contributed by atoms with E-state index < -0.39 is 0 Å². The van der Waals surface area contributed by atoms with Crippen LogP contribution in [0.3, 0.4) is 0 Å². The number of carbonyl (C=O) groups excluding carboxylic acids is 1. The summed E-state index contributed by atoms with van der Waals surface area (Å²) in [5.41, 5.74) is 2.93. The first-order valence-electron chi connectivity index (χ1n) is 7.27. The van der Waals surface area contributed by atoms with Gasteiger partial charge in [0.05, 0.1) is 12.3 Å². The highest BCUT2D eigenvalue weighted by atomic mass is 32.2. The quantitative estimate of drug-likeness (QED) is 0.386. The van der Waals surface area contributed by atoms with E-state index in [1.54, 1.807) is 29.8 Å². The van der Waals surface area contributed by atoms with Gasteiger partial charge in [0.2, 0.25) is 0 Å². The van der Waals surface area contributed by atoms with E-state index in [2.05, 4.69) is 32.0 Å². The molecule has 0 fully saturated rings. The van der Waals surface area contributed by atoms with Gasteiger partial charge >= 0.3 is 0 Å². The predicted octanol–water partition coefficient (Wildman–Crippen LogP) is 3.98. The monoisotopic (exact) mass is 343 g/mol. The molecule has 0 saturated carbocycles. The molecule has 6 heteroatoms. The standard InChI is InChI=1S/C17H17N3OS2/c1-12-9-15(13(2)20(12)10-14-5-3-8-22-14)16(21)11-23-17-18-6-4-7-19-17/h3-9H,10-11H2,1-2H3. The number of aromatic nitrogens is 3. The van der Waals surface area contributed by atoms with E-state index in [1.807, 2.05) is 19.9 Å². The molecule has 0 unspecified atom stereocenters. The molecule has 0 bridgehead atoms. The maximum absolute atomic E-state index is 12.5. The number of Topliss-reactive ketones (excluding diaryl/α,β-unsaturated/α-hetero) is 1. The van der Waals surface area contributed by atoms with Crippen LogP contribution in [0.25, 0.3) is 0 Å². The predicted molar refractivity (Wildman–Crippen MR) is 94.4 cm³/mol. The minimum atomic E-state index is 0.119. The normalized spacial score (nSPS) is 10.9. The lowest BCUT2D eigenvalue weighted by atomic mass is 10.2. The molecule has 3 aromatic heterocycles. The second kappa shape index (κ2) is 7.10. The number of thiophene rings is 1. The van der Waals surface area contributed by atoms with Gasteiger partial charge < -0.3 is 4.57 Å². The Morgan fingerprint density at radius 2 is 2.04 bits per heavy atom. The van der Waals surface area contributed by atoms with Crippen LogP contribution in [0.4, 0.5) is 0 Å². The van der Waals surface area contributed by atoms with Crippen molar-refractivity contribution in [2.45, 2.75) is 25.5 Å². The average Bonchev–Trinajstić information content (AvgIpc) is 3.17. The van der Waals surface area contributed by atoms with Crippen LogP contribution in [0.15, 0.2) is 47.2 Å². The number of hydrogen-bond acceptors (Lipinski definition) is 5. The Labute approximate surface area is 143 Å². The summed E-state index contributed by atoms with van der Waals surface area (Å²) < 4.78 is 2.20. The maximum atomic E-state index is 12.5. The van der Waals surface area contributed by atoms with Gasteiger partial charge in [-0.2, -0.15) is 0 Å². The highest BCUT2D eigenvalue weighted by Gasteiger charge is 2.16. The summed E-state index contributed by atoms with van der Waals surface area (Å²) in [6, 6.07) is 7.92. The number of ketones is 1. The highest BCUT2D eigenvalue weighted by molar-refractivity contribution is 7.99. The second-order valence-electron chi connectivity index (χ2n) is 5.19. The third-order valence-electron chi connectivity index (χ3n) is 3.64. The molecule has 0 aromatic carbocycles. The van der Waals surface area contributed by atoms with Crippen molar-refractivity contribution in [2.75, 3.05) is 5.75 Å². The van der Waals surface area contributed by atoms with E-state index >= 15 is 0 Å². The highest BCUT2D eigenvalue weighted by Crippen LogP contribution is 2.22. The molecule has 0 radical (unpaired) electrons. The molecule has 3 aromatic rings. The van der Waals surface area contributed by atoms with Crippen molar-refractivity contribution in [2.24, 2.45) is 0 Å². The van der Waals surface area contributed by atoms with Gasteiger partial charge in [-0.1, -0.05) is 17.8 Å². The Bertz CT molecular complexity index is 795. The Kier molecular flexibility index (Phi) is 4.93. The van der Waals surface area contributed by atoms with E-state index in [4.69, 9.17) is 0 Å². The summed E-state index contributed by atoms with van der Waals surface area (Å²) in [5.74, 6) is 0.473. The number of aryl methyl sites for hydroxylation is 1. The largest absolute Gasteiger partial charge is 0.343 e. The van der Waals surface area contributed by atoms with E-state index in [1.165, 1.54) is 16.6 Å². The maximum Gasteiger partial charge on any atom is 0.187 e. The molecule has 0 saturated heterocycles. The minimum absolute atomic E-state index is 0.119. The lowest BCUT2D eigenvalue weighted by molar-refractivity contribution is 0.102. The Morgan fingerprint density at radius 1 is 1.26 bits per heavy atom. The molecule has 23 heavy (non-hydrogen) atoms. The third kappa shape index (κ3) is 3.71. The van der Waals surface area contributed by atoms with Crippen LogP contribution >= 0.6 is 23.1 Å². The SMILES string of the molecule is Cc1cc(C(=O)CSc2ncccn2)c(C)n1Cc1cccs1. The molecular weight excluding hydrogens is 326 g/mol. The van der Waals surface area contributed by atoms with Crippen molar-refractivity contribution >= 4 is 28.9 Å². The van der Waals surface area contributed by atoms with Crippen LogP contribution in [0.5, 0.6) is 0 Å². The van der Waals surface area contributed by atoms with Gasteiger partial charge in [-0.05, 0) is 37.4 Å². The summed E-state index contributed by atoms with van der Waals surface area (Å²) in [5, 5.41) is 2.71. The molecule has 0 aliphatic heterocycles. The summed E-state index contributed by atoms with van der Waals surface area (Å²) >= 11 is 3.11. The number of hydrogen-bond donors (Lipinski definition) is 0. The van der Waals surface area contributed by atoms with Crippen LogP contribution in [-0.2, 0) is 6.54 Å². The number of thioether (sulfide) groups is 1. The molecule has 3 rings (SSSR count). The third-order valence-corrected chi connectivity index (χ3v) is 5.38. The van der Waals surface area contributed by atoms with Crippen molar-refractivity contribution in [3.05, 3.63) is 63.9 Å². The van der Waals surface area contributed by atoms with Crippen LogP contribution < -0.4 is 0 Å². The van der Waals surface area contributed by atoms with Crippen molar-refractivity contribution in [1.82, 2.24) is 14.5 Å². The van der Waals surface area contributed by atoms with Gasteiger partial charge in [-0.3, -0.25) is 4.79 Å². The van der Waals surface area contributed by atoms with E-state index in [9.17, 15) is 4.79 Å². The van der Waals surface area contributed by atoms with E-state index in [0.29, 0.717) is 10.9 Å². The molecule has 0 N–H and O–H groups in total. The molecule has 0 atom stereocenters. The Balaban J connectivity index is 1.73. The molecule has 0 aliphatic carbocycles. The number of nitrogens with zero attached hydrogens (tertiary/aromatic N) is 3. The van der Waals surface area contributed by atoms with E-state index in [0.717, 1.165) is 23.5 Å². The molecule has 118 valence electrons. The lowest BCUT2D eigenvalue weighted by Gasteiger charge is -2.08. The first kappa shape index (κ1) is 16.0. The fraction of sp³-hybridized carbons (Fsp3) is 0.235. The smallest absolute Gasteiger partial charge is 0.187 e. The van der Waals surface area contributed by atoms with Gasteiger partial charge in [0.1, 0.15) is 0 Å². The molecule has 0 spiro atoms. The summed E-state index contributed by atoms with van der Waals surface area (Å²) in [6.07, 6.45) is 3.37. The summed E-state index contributed by atoms with van der Waals surface area (Å²) in [6.45, 7) is 4.87. The summed E-state index contributed by atoms with van der Waals surface area (Å²) in [7, 11) is 0. The second-order valence-corrected chi connectivity index (χ2v) is 7.17. The minimum Gasteiger partial charge on any atom is -0.343 e. The fourth-order valence-electron chi connectivity index (χ4n) is 2.45. The first-order valence-corrected chi connectivity index (χ1v) is 9.14. The molecular formula is C17H17N3OS2. The fourth-order valence-corrected chi connectivity index (χ4v) is 3.83. The van der Waals surface area contributed by atoms with Crippen molar-refractivity contribution in [3.8, 4) is 0 Å². The summed E-state index contributed by atoms with van der Waals surface area (Å²) in [4.78, 5) is 22.1. The lowest BCUT2D eigenvalue weighted by Crippen LogP contribution is -2.07. The molecule has 0 amide bonds. The van der Waals surface area contributed by atoms with Crippen LogP contribution in [-0.4, -0.2) is 26.1 Å². The van der Waals surface area contributed by atoms with Crippen molar-refractivity contribution in [3.63, 3.8) is 0 Å². The number of carbonyl (C=O) groups is 1. The van der Waals surface area contributed by atoms with Gasteiger partial charge in [-0.15, -0.1) is 11.3 Å². The van der Waals surface area contributed by atoms with Gasteiger partial charge in [0, 0.05) is 34.2 Å².